The van der Waals surface area contributed by atoms with Gasteiger partial charge in [0.2, 0.25) is 0 Å². The Morgan fingerprint density at radius 3 is 2.75 bits per heavy atom. The molecule has 1 heterocycles. The van der Waals surface area contributed by atoms with Gasteiger partial charge in [-0.25, -0.2) is 8.78 Å². The molecule has 2 rings (SSSR count). The summed E-state index contributed by atoms with van der Waals surface area (Å²) in [6, 6.07) is 2.18. The van der Waals surface area contributed by atoms with Gasteiger partial charge in [-0.15, -0.1) is 12.4 Å². The summed E-state index contributed by atoms with van der Waals surface area (Å²) in [5.74, 6) is -2.12. The molecule has 1 atom stereocenters. The van der Waals surface area contributed by atoms with Crippen LogP contribution in [0, 0.1) is 15.2 Å². The molecule has 1 aliphatic heterocycles. The second-order valence-corrected chi connectivity index (χ2v) is 5.76. The van der Waals surface area contributed by atoms with Gasteiger partial charge in [-0.1, -0.05) is 0 Å². The molecule has 1 amide bonds. The number of nitrogens with one attached hydrogen (secondary N) is 1. The van der Waals surface area contributed by atoms with Crippen LogP contribution in [-0.2, 0) is 0 Å². The van der Waals surface area contributed by atoms with E-state index < -0.39 is 11.6 Å². The summed E-state index contributed by atoms with van der Waals surface area (Å²) in [6.07, 6.45) is 1.88. The minimum absolute atomic E-state index is 0. The number of likely N-dealkylation sites (N-methyl/N-ethyl adjacent to an activating group) is 1. The second kappa shape index (κ2) is 7.51. The van der Waals surface area contributed by atoms with E-state index in [0.29, 0.717) is 16.7 Å². The molecule has 0 aromatic heterocycles. The highest BCUT2D eigenvalue weighted by Gasteiger charge is 2.30. The van der Waals surface area contributed by atoms with Crippen molar-refractivity contribution < 1.29 is 13.6 Å². The molecular weight excluding hydrogens is 401 g/mol. The minimum Gasteiger partial charge on any atom is -0.334 e. The number of rotatable bonds is 3. The molecule has 1 aliphatic rings. The fraction of sp³-hybridized carbons (Fsp3) is 0.462. The van der Waals surface area contributed by atoms with Crippen LogP contribution in [0.3, 0.4) is 0 Å². The molecule has 1 saturated heterocycles. The zero-order chi connectivity index (χ0) is 14.0. The second-order valence-electron chi connectivity index (χ2n) is 4.60. The van der Waals surface area contributed by atoms with Gasteiger partial charge in [0.25, 0.3) is 5.91 Å². The highest BCUT2D eigenvalue weighted by atomic mass is 127. The van der Waals surface area contributed by atoms with E-state index in [-0.39, 0.29) is 29.9 Å². The highest BCUT2D eigenvalue weighted by molar-refractivity contribution is 14.1. The summed E-state index contributed by atoms with van der Waals surface area (Å²) in [7, 11) is 1.84. The predicted molar refractivity (Wildman–Crippen MR) is 84.3 cm³/mol. The van der Waals surface area contributed by atoms with E-state index in [1.807, 2.05) is 29.6 Å². The van der Waals surface area contributed by atoms with E-state index in [1.54, 1.807) is 4.90 Å². The van der Waals surface area contributed by atoms with Crippen molar-refractivity contribution in [1.29, 1.82) is 0 Å². The standard InChI is InChI=1S/C13H15F2IN2O.ClH/c1-17-7-8-3-2-4-18(8)13(19)9-5-10(14)11(15)6-12(9)16;/h5-6,8,17H,2-4,7H2,1H3;1H. The van der Waals surface area contributed by atoms with Gasteiger partial charge in [0, 0.05) is 22.7 Å². The number of carbonyl (C=O) groups excluding carboxylic acids is 1. The molecule has 0 spiro atoms. The lowest BCUT2D eigenvalue weighted by Gasteiger charge is -2.25. The quantitative estimate of drug-likeness (QED) is 0.607. The molecule has 0 radical (unpaired) electrons. The monoisotopic (exact) mass is 416 g/mol. The molecule has 0 saturated carbocycles. The van der Waals surface area contributed by atoms with Crippen molar-refractivity contribution >= 4 is 40.9 Å². The first kappa shape index (κ1) is 17.6. The molecule has 0 bridgehead atoms. The van der Waals surface area contributed by atoms with Gasteiger partial charge >= 0.3 is 0 Å². The number of hydrogen-bond acceptors (Lipinski definition) is 2. The van der Waals surface area contributed by atoms with Crippen LogP contribution < -0.4 is 5.32 Å². The third kappa shape index (κ3) is 3.59. The van der Waals surface area contributed by atoms with Crippen molar-refractivity contribution in [1.82, 2.24) is 10.2 Å². The predicted octanol–water partition coefficient (Wildman–Crippen LogP) is 2.82. The lowest BCUT2D eigenvalue weighted by molar-refractivity contribution is 0.0735. The van der Waals surface area contributed by atoms with E-state index >= 15 is 0 Å². The zero-order valence-corrected chi connectivity index (χ0v) is 13.9. The Labute approximate surface area is 136 Å². The van der Waals surface area contributed by atoms with Crippen molar-refractivity contribution in [2.24, 2.45) is 0 Å². The number of halogens is 4. The smallest absolute Gasteiger partial charge is 0.255 e. The number of hydrogen-bond donors (Lipinski definition) is 1. The van der Waals surface area contributed by atoms with Crippen molar-refractivity contribution in [3.63, 3.8) is 0 Å². The Bertz CT molecular complexity index is 502. The molecule has 0 aliphatic carbocycles. The molecule has 7 heteroatoms. The first-order chi connectivity index (χ1) is 9.04. The van der Waals surface area contributed by atoms with Crippen molar-refractivity contribution in [2.45, 2.75) is 18.9 Å². The van der Waals surface area contributed by atoms with Crippen LogP contribution in [0.4, 0.5) is 8.78 Å². The Kier molecular flexibility index (Phi) is 6.60. The van der Waals surface area contributed by atoms with Crippen LogP contribution >= 0.6 is 35.0 Å². The van der Waals surface area contributed by atoms with Gasteiger partial charge in [0.1, 0.15) is 0 Å². The average Bonchev–Trinajstić information content (AvgIpc) is 2.82. The topological polar surface area (TPSA) is 32.3 Å². The van der Waals surface area contributed by atoms with Crippen molar-refractivity contribution in [3.8, 4) is 0 Å². The van der Waals surface area contributed by atoms with Crippen LogP contribution in [0.5, 0.6) is 0 Å². The number of nitrogens with zero attached hydrogens (tertiary/aromatic N) is 1. The lowest BCUT2D eigenvalue weighted by Crippen LogP contribution is -2.41. The van der Waals surface area contributed by atoms with Crippen LogP contribution in [0.15, 0.2) is 12.1 Å². The van der Waals surface area contributed by atoms with E-state index in [9.17, 15) is 13.6 Å². The van der Waals surface area contributed by atoms with E-state index in [1.165, 1.54) is 0 Å². The van der Waals surface area contributed by atoms with Crippen LogP contribution in [0.1, 0.15) is 23.2 Å². The van der Waals surface area contributed by atoms with E-state index in [2.05, 4.69) is 5.32 Å². The Morgan fingerprint density at radius 1 is 1.45 bits per heavy atom. The van der Waals surface area contributed by atoms with Crippen LogP contribution in [0.2, 0.25) is 0 Å². The fourth-order valence-electron chi connectivity index (χ4n) is 2.39. The third-order valence-electron chi connectivity index (χ3n) is 3.32. The Hall–Kier alpha value is -0.470. The molecule has 1 aromatic rings. The van der Waals surface area contributed by atoms with Crippen molar-refractivity contribution in [2.75, 3.05) is 20.1 Å². The third-order valence-corrected chi connectivity index (χ3v) is 4.21. The van der Waals surface area contributed by atoms with Gasteiger partial charge < -0.3 is 10.2 Å². The van der Waals surface area contributed by atoms with Gasteiger partial charge in [-0.3, -0.25) is 4.79 Å². The number of carbonyl (C=O) groups is 1. The molecule has 1 unspecified atom stereocenters. The normalized spacial score (nSPS) is 18.0. The number of likely N-dealkylation sites (tertiary alicyclic amines) is 1. The van der Waals surface area contributed by atoms with Crippen molar-refractivity contribution in [3.05, 3.63) is 32.9 Å². The first-order valence-corrected chi connectivity index (χ1v) is 7.22. The number of benzene rings is 1. The number of amides is 1. The molecular formula is C13H16ClF2IN2O. The largest absolute Gasteiger partial charge is 0.334 e. The summed E-state index contributed by atoms with van der Waals surface area (Å²) in [5.41, 5.74) is 0.238. The van der Waals surface area contributed by atoms with Crippen LogP contribution in [0.25, 0.3) is 0 Å². The molecule has 1 N–H and O–H groups in total. The zero-order valence-electron chi connectivity index (χ0n) is 11.0. The molecule has 112 valence electrons. The SMILES string of the molecule is CNCC1CCCN1C(=O)c1cc(F)c(F)cc1I.Cl. The fourth-order valence-corrected chi connectivity index (χ4v) is 3.05. The first-order valence-electron chi connectivity index (χ1n) is 6.14. The minimum atomic E-state index is -0.979. The van der Waals surface area contributed by atoms with Gasteiger partial charge in [-0.2, -0.15) is 0 Å². The summed E-state index contributed by atoms with van der Waals surface area (Å²) < 4.78 is 26.8. The Morgan fingerprint density at radius 2 is 2.10 bits per heavy atom. The lowest BCUT2D eigenvalue weighted by atomic mass is 10.1. The Balaban J connectivity index is 0.00000200. The maximum atomic E-state index is 13.3. The maximum absolute atomic E-state index is 13.3. The molecule has 1 fully saturated rings. The van der Waals surface area contributed by atoms with Gasteiger partial charge in [-0.05, 0) is 54.6 Å². The van der Waals surface area contributed by atoms with E-state index in [0.717, 1.165) is 25.0 Å². The molecule has 1 aromatic carbocycles. The summed E-state index contributed by atoms with van der Waals surface area (Å²) in [6.45, 7) is 1.38. The highest BCUT2D eigenvalue weighted by Crippen LogP contribution is 2.23. The molecule has 20 heavy (non-hydrogen) atoms. The van der Waals surface area contributed by atoms with Crippen LogP contribution in [-0.4, -0.2) is 37.0 Å². The maximum Gasteiger partial charge on any atom is 0.255 e. The van der Waals surface area contributed by atoms with Gasteiger partial charge in [0.05, 0.1) is 5.56 Å². The summed E-state index contributed by atoms with van der Waals surface area (Å²) in [5, 5.41) is 3.05. The average molecular weight is 417 g/mol. The summed E-state index contributed by atoms with van der Waals surface area (Å²) >= 11 is 1.86. The molecule has 3 nitrogen and oxygen atoms in total. The summed E-state index contributed by atoms with van der Waals surface area (Å²) in [4.78, 5) is 14.2. The van der Waals surface area contributed by atoms with E-state index in [4.69, 9.17) is 0 Å². The van der Waals surface area contributed by atoms with Gasteiger partial charge in [0.15, 0.2) is 11.6 Å².